The first-order valence-corrected chi connectivity index (χ1v) is 6.35. The maximum Gasteiger partial charge on any atom is 0.408 e. The van der Waals surface area contributed by atoms with Gasteiger partial charge in [-0.1, -0.05) is 11.8 Å². The maximum atomic E-state index is 11.4. The topological polar surface area (TPSA) is 88.5 Å². The van der Waals surface area contributed by atoms with Crippen LogP contribution in [0, 0.1) is 18.8 Å². The normalized spacial score (nSPS) is 10.3. The SMILES string of the molecule is Cc1cc(C#CCNC(=O)OC(C)(C)C)cnc1C(=O)O. The van der Waals surface area contributed by atoms with Gasteiger partial charge in [-0.15, -0.1) is 0 Å². The zero-order valence-corrected chi connectivity index (χ0v) is 12.5. The van der Waals surface area contributed by atoms with E-state index in [4.69, 9.17) is 9.84 Å². The summed E-state index contributed by atoms with van der Waals surface area (Å²) in [5.41, 5.74) is 0.580. The Balaban J connectivity index is 2.58. The number of aromatic carboxylic acids is 1. The van der Waals surface area contributed by atoms with Crippen LogP contribution in [0.25, 0.3) is 0 Å². The lowest BCUT2D eigenvalue weighted by Crippen LogP contribution is -2.32. The second-order valence-corrected chi connectivity index (χ2v) is 5.35. The van der Waals surface area contributed by atoms with Gasteiger partial charge in [0, 0.05) is 11.8 Å². The number of nitrogens with zero attached hydrogens (tertiary/aromatic N) is 1. The standard InChI is InChI=1S/C15H18N2O4/c1-10-8-11(9-17-12(10)13(18)19)6-5-7-16-14(20)21-15(2,3)4/h8-9H,7H2,1-4H3,(H,16,20)(H,18,19). The number of rotatable bonds is 2. The van der Waals surface area contributed by atoms with Crippen molar-refractivity contribution in [2.45, 2.75) is 33.3 Å². The Kier molecular flexibility index (Phi) is 5.30. The van der Waals surface area contributed by atoms with E-state index in [0.717, 1.165) is 0 Å². The molecule has 0 aromatic carbocycles. The molecule has 0 spiro atoms. The first kappa shape index (κ1) is 16.5. The molecule has 6 nitrogen and oxygen atoms in total. The number of carbonyl (C=O) groups is 2. The average molecular weight is 290 g/mol. The highest BCUT2D eigenvalue weighted by atomic mass is 16.6. The third kappa shape index (κ3) is 5.95. The van der Waals surface area contributed by atoms with Gasteiger partial charge in [0.15, 0.2) is 5.69 Å². The molecule has 0 unspecified atom stereocenters. The van der Waals surface area contributed by atoms with Gasteiger partial charge in [0.25, 0.3) is 0 Å². The molecular formula is C15H18N2O4. The summed E-state index contributed by atoms with van der Waals surface area (Å²) < 4.78 is 5.06. The van der Waals surface area contributed by atoms with Gasteiger partial charge in [-0.2, -0.15) is 0 Å². The van der Waals surface area contributed by atoms with Gasteiger partial charge in [0.2, 0.25) is 0 Å². The lowest BCUT2D eigenvalue weighted by atomic mass is 10.1. The molecule has 0 atom stereocenters. The van der Waals surface area contributed by atoms with E-state index in [1.54, 1.807) is 33.8 Å². The average Bonchev–Trinajstić information content (AvgIpc) is 2.32. The third-order valence-electron chi connectivity index (χ3n) is 2.23. The highest BCUT2D eigenvalue weighted by Crippen LogP contribution is 2.07. The Morgan fingerprint density at radius 1 is 1.43 bits per heavy atom. The van der Waals surface area contributed by atoms with Crippen molar-refractivity contribution in [3.8, 4) is 11.8 Å². The third-order valence-corrected chi connectivity index (χ3v) is 2.23. The number of alkyl carbamates (subject to hydrolysis) is 1. The molecule has 0 saturated carbocycles. The summed E-state index contributed by atoms with van der Waals surface area (Å²) >= 11 is 0. The van der Waals surface area contributed by atoms with E-state index >= 15 is 0 Å². The van der Waals surface area contributed by atoms with Crippen LogP contribution in [0.1, 0.15) is 42.4 Å². The van der Waals surface area contributed by atoms with Crippen molar-refractivity contribution in [2.75, 3.05) is 6.54 Å². The van der Waals surface area contributed by atoms with Gasteiger partial charge in [-0.25, -0.2) is 14.6 Å². The number of amides is 1. The van der Waals surface area contributed by atoms with Crippen molar-refractivity contribution in [1.82, 2.24) is 10.3 Å². The van der Waals surface area contributed by atoms with Gasteiger partial charge >= 0.3 is 12.1 Å². The van der Waals surface area contributed by atoms with Crippen LogP contribution in [0.15, 0.2) is 12.3 Å². The number of aryl methyl sites for hydroxylation is 1. The second kappa shape index (κ2) is 6.75. The largest absolute Gasteiger partial charge is 0.477 e. The predicted molar refractivity (Wildman–Crippen MR) is 77.0 cm³/mol. The van der Waals surface area contributed by atoms with Gasteiger partial charge in [0.1, 0.15) is 5.60 Å². The highest BCUT2D eigenvalue weighted by molar-refractivity contribution is 5.87. The van der Waals surface area contributed by atoms with Gasteiger partial charge in [-0.3, -0.25) is 0 Å². The zero-order valence-electron chi connectivity index (χ0n) is 12.5. The van der Waals surface area contributed by atoms with Crippen molar-refractivity contribution in [3.05, 3.63) is 29.1 Å². The van der Waals surface area contributed by atoms with Crippen molar-refractivity contribution in [2.24, 2.45) is 0 Å². The molecular weight excluding hydrogens is 272 g/mol. The quantitative estimate of drug-likeness (QED) is 0.813. The fraction of sp³-hybridized carbons (Fsp3) is 0.400. The minimum Gasteiger partial charge on any atom is -0.477 e. The van der Waals surface area contributed by atoms with Crippen molar-refractivity contribution in [3.63, 3.8) is 0 Å². The molecule has 0 bridgehead atoms. The second-order valence-electron chi connectivity index (χ2n) is 5.35. The van der Waals surface area contributed by atoms with Gasteiger partial charge in [0.05, 0.1) is 6.54 Å². The number of pyridine rings is 1. The summed E-state index contributed by atoms with van der Waals surface area (Å²) in [6, 6.07) is 1.64. The Hall–Kier alpha value is -2.55. The minimum absolute atomic E-state index is 0.00688. The molecule has 112 valence electrons. The number of hydrogen-bond acceptors (Lipinski definition) is 4. The molecule has 1 rings (SSSR count). The summed E-state index contributed by atoms with van der Waals surface area (Å²) in [4.78, 5) is 26.0. The fourth-order valence-electron chi connectivity index (χ4n) is 1.44. The monoisotopic (exact) mass is 290 g/mol. The van der Waals surface area contributed by atoms with Crippen LogP contribution in [0.3, 0.4) is 0 Å². The molecule has 0 fully saturated rings. The molecule has 21 heavy (non-hydrogen) atoms. The number of ether oxygens (including phenoxy) is 1. The molecule has 1 amide bonds. The van der Waals surface area contributed by atoms with Crippen LogP contribution < -0.4 is 5.32 Å². The Morgan fingerprint density at radius 2 is 2.10 bits per heavy atom. The van der Waals surface area contributed by atoms with E-state index in [0.29, 0.717) is 11.1 Å². The molecule has 0 aliphatic rings. The lowest BCUT2D eigenvalue weighted by Gasteiger charge is -2.18. The van der Waals surface area contributed by atoms with Crippen LogP contribution in [-0.4, -0.2) is 34.3 Å². The van der Waals surface area contributed by atoms with Gasteiger partial charge in [-0.05, 0) is 39.3 Å². The van der Waals surface area contributed by atoms with Crippen molar-refractivity contribution in [1.29, 1.82) is 0 Å². The molecule has 1 heterocycles. The van der Waals surface area contributed by atoms with Crippen LogP contribution in [-0.2, 0) is 4.74 Å². The van der Waals surface area contributed by atoms with E-state index in [-0.39, 0.29) is 12.2 Å². The predicted octanol–water partition coefficient (Wildman–Crippen LogP) is 1.96. The molecule has 0 aliphatic carbocycles. The van der Waals surface area contributed by atoms with E-state index in [2.05, 4.69) is 22.1 Å². The number of aromatic nitrogens is 1. The van der Waals surface area contributed by atoms with Crippen molar-refractivity contribution >= 4 is 12.1 Å². The first-order valence-electron chi connectivity index (χ1n) is 6.35. The number of carboxylic acids is 1. The van der Waals surface area contributed by atoms with Crippen LogP contribution in [0.2, 0.25) is 0 Å². The maximum absolute atomic E-state index is 11.4. The lowest BCUT2D eigenvalue weighted by molar-refractivity contribution is 0.0534. The Labute approximate surface area is 123 Å². The van der Waals surface area contributed by atoms with Gasteiger partial charge < -0.3 is 15.2 Å². The molecule has 0 aliphatic heterocycles. The molecule has 6 heteroatoms. The fourth-order valence-corrected chi connectivity index (χ4v) is 1.44. The molecule has 2 N–H and O–H groups in total. The summed E-state index contributed by atoms with van der Waals surface area (Å²) in [7, 11) is 0. The summed E-state index contributed by atoms with van der Waals surface area (Å²) in [6.45, 7) is 7.11. The Morgan fingerprint density at radius 3 is 2.62 bits per heavy atom. The van der Waals surface area contributed by atoms with E-state index in [9.17, 15) is 9.59 Å². The molecule has 0 saturated heterocycles. The van der Waals surface area contributed by atoms with Crippen LogP contribution in [0.5, 0.6) is 0 Å². The molecule has 1 aromatic heterocycles. The summed E-state index contributed by atoms with van der Waals surface area (Å²) in [5, 5.41) is 11.4. The summed E-state index contributed by atoms with van der Waals surface area (Å²) in [5.74, 6) is 4.47. The number of nitrogens with one attached hydrogen (secondary N) is 1. The summed E-state index contributed by atoms with van der Waals surface area (Å²) in [6.07, 6.45) is 0.851. The molecule has 1 aromatic rings. The number of carboxylic acid groups (broad SMARTS) is 1. The Bertz CT molecular complexity index is 606. The van der Waals surface area contributed by atoms with E-state index in [1.165, 1.54) is 6.20 Å². The molecule has 0 radical (unpaired) electrons. The zero-order chi connectivity index (χ0) is 16.0. The number of carbonyl (C=O) groups excluding carboxylic acids is 1. The smallest absolute Gasteiger partial charge is 0.408 e. The van der Waals surface area contributed by atoms with Crippen LogP contribution in [0.4, 0.5) is 4.79 Å². The highest BCUT2D eigenvalue weighted by Gasteiger charge is 2.15. The first-order chi connectivity index (χ1) is 9.69. The van der Waals surface area contributed by atoms with E-state index in [1.807, 2.05) is 0 Å². The van der Waals surface area contributed by atoms with Crippen LogP contribution >= 0.6 is 0 Å². The van der Waals surface area contributed by atoms with Crippen molar-refractivity contribution < 1.29 is 19.4 Å². The number of hydrogen-bond donors (Lipinski definition) is 2. The van der Waals surface area contributed by atoms with E-state index < -0.39 is 17.7 Å². The minimum atomic E-state index is -1.07.